The summed E-state index contributed by atoms with van der Waals surface area (Å²) in [7, 11) is 0. The van der Waals surface area contributed by atoms with Crippen molar-refractivity contribution in [2.24, 2.45) is 10.1 Å². The van der Waals surface area contributed by atoms with Crippen LogP contribution in [0.2, 0.25) is 10.0 Å². The lowest BCUT2D eigenvalue weighted by Crippen LogP contribution is -2.30. The molecule has 1 aliphatic rings. The summed E-state index contributed by atoms with van der Waals surface area (Å²) in [6.07, 6.45) is 1.58. The average molecular weight is 257 g/mol. The second-order valence-electron chi connectivity index (χ2n) is 3.16. The molecule has 1 aromatic rings. The number of hydrogen-bond donors (Lipinski definition) is 2. The fraction of sp³-hybridized carbons (Fsp3) is 0.200. The molecule has 0 atom stereocenters. The molecule has 6 heteroatoms. The summed E-state index contributed by atoms with van der Waals surface area (Å²) in [5, 5.41) is 8.18. The summed E-state index contributed by atoms with van der Waals surface area (Å²) in [6.45, 7) is 1.61. The van der Waals surface area contributed by atoms with E-state index in [-0.39, 0.29) is 0 Å². The third kappa shape index (κ3) is 2.65. The minimum absolute atomic E-state index is 0.569. The third-order valence-electron chi connectivity index (χ3n) is 2.04. The Morgan fingerprint density at radius 3 is 2.75 bits per heavy atom. The number of benzene rings is 1. The van der Waals surface area contributed by atoms with Gasteiger partial charge < -0.3 is 5.32 Å². The number of nitrogens with zero attached hydrogens (tertiary/aromatic N) is 2. The summed E-state index contributed by atoms with van der Waals surface area (Å²) < 4.78 is 0. The molecule has 0 amide bonds. The highest BCUT2D eigenvalue weighted by Gasteiger charge is 2.03. The van der Waals surface area contributed by atoms with Crippen molar-refractivity contribution in [1.82, 2.24) is 10.7 Å². The molecular weight excluding hydrogens is 247 g/mol. The van der Waals surface area contributed by atoms with Gasteiger partial charge in [0.1, 0.15) is 0 Å². The van der Waals surface area contributed by atoms with Crippen LogP contribution in [0.15, 0.2) is 28.3 Å². The van der Waals surface area contributed by atoms with Crippen molar-refractivity contribution < 1.29 is 0 Å². The van der Waals surface area contributed by atoms with Crippen LogP contribution in [-0.4, -0.2) is 25.3 Å². The molecule has 0 saturated heterocycles. The molecule has 2 rings (SSSR count). The number of nitrogens with one attached hydrogen (secondary N) is 2. The smallest absolute Gasteiger partial charge is 0.212 e. The molecule has 0 saturated carbocycles. The van der Waals surface area contributed by atoms with E-state index in [0.29, 0.717) is 21.6 Å². The fourth-order valence-corrected chi connectivity index (χ4v) is 1.76. The van der Waals surface area contributed by atoms with Crippen molar-refractivity contribution in [2.45, 2.75) is 0 Å². The Hall–Kier alpha value is -1.26. The first kappa shape index (κ1) is 11.2. The van der Waals surface area contributed by atoms with Crippen LogP contribution in [0.5, 0.6) is 0 Å². The summed E-state index contributed by atoms with van der Waals surface area (Å²) >= 11 is 12.0. The minimum Gasteiger partial charge on any atom is -0.353 e. The number of aliphatic imine (C=N–C) groups is 1. The number of hydrazone groups is 1. The molecule has 0 bridgehead atoms. The molecule has 0 aliphatic carbocycles. The van der Waals surface area contributed by atoms with Gasteiger partial charge in [0.05, 0.1) is 22.8 Å². The van der Waals surface area contributed by atoms with Crippen LogP contribution < -0.4 is 10.7 Å². The van der Waals surface area contributed by atoms with Gasteiger partial charge in [-0.05, 0) is 12.1 Å². The molecule has 1 aromatic carbocycles. The van der Waals surface area contributed by atoms with Crippen LogP contribution in [0.4, 0.5) is 0 Å². The lowest BCUT2D eigenvalue weighted by atomic mass is 10.2. The van der Waals surface area contributed by atoms with Gasteiger partial charge in [-0.2, -0.15) is 5.10 Å². The van der Waals surface area contributed by atoms with Crippen LogP contribution >= 0.6 is 23.2 Å². The Morgan fingerprint density at radius 1 is 1.38 bits per heavy atom. The highest BCUT2D eigenvalue weighted by molar-refractivity contribution is 6.38. The van der Waals surface area contributed by atoms with Crippen LogP contribution in [0.25, 0.3) is 0 Å². The first-order valence-electron chi connectivity index (χ1n) is 4.79. The van der Waals surface area contributed by atoms with Crippen molar-refractivity contribution in [2.75, 3.05) is 13.1 Å². The number of halogens is 2. The SMILES string of the molecule is Clc1cccc(Cl)c1C=NNC1=NCCN1. The molecule has 1 aliphatic heterocycles. The van der Waals surface area contributed by atoms with E-state index in [4.69, 9.17) is 23.2 Å². The monoisotopic (exact) mass is 256 g/mol. The molecule has 0 fully saturated rings. The molecule has 0 spiro atoms. The Morgan fingerprint density at radius 2 is 2.12 bits per heavy atom. The maximum atomic E-state index is 5.98. The van der Waals surface area contributed by atoms with Crippen molar-refractivity contribution in [3.63, 3.8) is 0 Å². The van der Waals surface area contributed by atoms with Crippen LogP contribution in [0.1, 0.15) is 5.56 Å². The van der Waals surface area contributed by atoms with Crippen LogP contribution in [0, 0.1) is 0 Å². The topological polar surface area (TPSA) is 48.8 Å². The Kier molecular flexibility index (Phi) is 3.64. The van der Waals surface area contributed by atoms with Crippen molar-refractivity contribution in [1.29, 1.82) is 0 Å². The summed E-state index contributed by atoms with van der Waals surface area (Å²) in [5.74, 6) is 0.666. The van der Waals surface area contributed by atoms with Gasteiger partial charge >= 0.3 is 0 Å². The lowest BCUT2D eigenvalue weighted by Gasteiger charge is -2.01. The molecule has 2 N–H and O–H groups in total. The zero-order valence-electron chi connectivity index (χ0n) is 8.37. The highest BCUT2D eigenvalue weighted by Crippen LogP contribution is 2.21. The second-order valence-corrected chi connectivity index (χ2v) is 3.98. The van der Waals surface area contributed by atoms with Gasteiger partial charge in [0.15, 0.2) is 0 Å². The van der Waals surface area contributed by atoms with E-state index in [1.807, 2.05) is 0 Å². The fourth-order valence-electron chi connectivity index (χ4n) is 1.26. The number of guanidine groups is 1. The molecule has 1 heterocycles. The van der Waals surface area contributed by atoms with Crippen molar-refractivity contribution >= 4 is 35.4 Å². The lowest BCUT2D eigenvalue weighted by molar-refractivity contribution is 0.920. The van der Waals surface area contributed by atoms with Crippen LogP contribution in [0.3, 0.4) is 0 Å². The average Bonchev–Trinajstić information content (AvgIpc) is 2.75. The van der Waals surface area contributed by atoms with Crippen molar-refractivity contribution in [3.8, 4) is 0 Å². The minimum atomic E-state index is 0.569. The molecular formula is C10H10Cl2N4. The molecule has 0 unspecified atom stereocenters. The summed E-state index contributed by atoms with van der Waals surface area (Å²) in [5.41, 5.74) is 3.47. The summed E-state index contributed by atoms with van der Waals surface area (Å²) in [4.78, 5) is 4.13. The van der Waals surface area contributed by atoms with Gasteiger partial charge in [0, 0.05) is 12.1 Å². The van der Waals surface area contributed by atoms with E-state index in [1.54, 1.807) is 24.4 Å². The maximum Gasteiger partial charge on any atom is 0.212 e. The van der Waals surface area contributed by atoms with Crippen molar-refractivity contribution in [3.05, 3.63) is 33.8 Å². The van der Waals surface area contributed by atoms with E-state index < -0.39 is 0 Å². The predicted octanol–water partition coefficient (Wildman–Crippen LogP) is 1.88. The first-order chi connectivity index (χ1) is 7.77. The van der Waals surface area contributed by atoms with Crippen LogP contribution in [-0.2, 0) is 0 Å². The third-order valence-corrected chi connectivity index (χ3v) is 2.70. The molecule has 0 aromatic heterocycles. The van der Waals surface area contributed by atoms with Gasteiger partial charge in [0.2, 0.25) is 5.96 Å². The summed E-state index contributed by atoms with van der Waals surface area (Å²) in [6, 6.07) is 5.32. The number of hydrogen-bond acceptors (Lipinski definition) is 4. The number of rotatable bonds is 2. The largest absolute Gasteiger partial charge is 0.353 e. The van der Waals surface area contributed by atoms with E-state index >= 15 is 0 Å². The van der Waals surface area contributed by atoms with Gasteiger partial charge in [0.25, 0.3) is 0 Å². The van der Waals surface area contributed by atoms with Gasteiger partial charge in [-0.15, -0.1) is 0 Å². The molecule has 0 radical (unpaired) electrons. The molecule has 4 nitrogen and oxygen atoms in total. The van der Waals surface area contributed by atoms with Gasteiger partial charge in [-0.25, -0.2) is 10.4 Å². The van der Waals surface area contributed by atoms with E-state index in [1.165, 1.54) is 0 Å². The van der Waals surface area contributed by atoms with E-state index in [9.17, 15) is 0 Å². The molecule has 84 valence electrons. The standard InChI is InChI=1S/C10H10Cl2N4/c11-8-2-1-3-9(12)7(8)6-15-16-10-13-4-5-14-10/h1-3,6H,4-5H2,(H2,13,14,16). The predicted molar refractivity (Wildman–Crippen MR) is 67.5 cm³/mol. The first-order valence-corrected chi connectivity index (χ1v) is 5.54. The maximum absolute atomic E-state index is 5.98. The normalized spacial score (nSPS) is 15.0. The van der Waals surface area contributed by atoms with Gasteiger partial charge in [-0.1, -0.05) is 29.3 Å². The Bertz CT molecular complexity index is 422. The Balaban J connectivity index is 2.05. The second kappa shape index (κ2) is 5.18. The van der Waals surface area contributed by atoms with E-state index in [2.05, 4.69) is 20.8 Å². The zero-order valence-corrected chi connectivity index (χ0v) is 9.89. The van der Waals surface area contributed by atoms with E-state index in [0.717, 1.165) is 13.1 Å². The molecule has 16 heavy (non-hydrogen) atoms. The quantitative estimate of drug-likeness (QED) is 0.627. The zero-order chi connectivity index (χ0) is 11.4. The van der Waals surface area contributed by atoms with Gasteiger partial charge in [-0.3, -0.25) is 0 Å². The Labute approximate surface area is 103 Å². The highest BCUT2D eigenvalue weighted by atomic mass is 35.5.